The van der Waals surface area contributed by atoms with E-state index in [1.54, 1.807) is 8.61 Å². The summed E-state index contributed by atoms with van der Waals surface area (Å²) < 4.78 is 28.2. The van der Waals surface area contributed by atoms with Crippen LogP contribution < -0.4 is 5.32 Å². The lowest BCUT2D eigenvalue weighted by Gasteiger charge is -2.26. The molecule has 3 saturated heterocycles. The molecule has 18 heavy (non-hydrogen) atoms. The van der Waals surface area contributed by atoms with Crippen molar-refractivity contribution in [2.24, 2.45) is 5.41 Å². The Bertz CT molecular complexity index is 389. The van der Waals surface area contributed by atoms with Crippen LogP contribution in [0.25, 0.3) is 0 Å². The number of nitrogens with zero attached hydrogens (tertiary/aromatic N) is 2. The van der Waals surface area contributed by atoms with Crippen molar-refractivity contribution in [1.29, 1.82) is 0 Å². The lowest BCUT2D eigenvalue weighted by atomic mass is 9.87. The molecule has 0 amide bonds. The van der Waals surface area contributed by atoms with Gasteiger partial charge in [-0.1, -0.05) is 0 Å². The molecule has 0 saturated carbocycles. The van der Waals surface area contributed by atoms with Crippen LogP contribution in [0.15, 0.2) is 0 Å². The molecule has 1 N–H and O–H groups in total. The van der Waals surface area contributed by atoms with Crippen LogP contribution in [-0.2, 0) is 10.2 Å². The molecule has 3 rings (SSSR count). The second kappa shape index (κ2) is 5.25. The van der Waals surface area contributed by atoms with Crippen LogP contribution in [-0.4, -0.2) is 56.3 Å². The van der Waals surface area contributed by atoms with Crippen LogP contribution in [0.2, 0.25) is 0 Å². The highest BCUT2D eigenvalue weighted by Crippen LogP contribution is 2.37. The maximum absolute atomic E-state index is 12.4. The van der Waals surface area contributed by atoms with Crippen molar-refractivity contribution in [3.63, 3.8) is 0 Å². The third-order valence-corrected chi connectivity index (χ3v) is 6.43. The normalized spacial score (nSPS) is 34.2. The standard InChI is InChI=1S/C11H21N3O2S.ClH/c15-17(16,13-6-1-2-7-13)14-8-4-11(10-14)3-5-12-9-11;/h12H,1-10H2;1H. The van der Waals surface area contributed by atoms with Gasteiger partial charge >= 0.3 is 0 Å². The Labute approximate surface area is 115 Å². The summed E-state index contributed by atoms with van der Waals surface area (Å²) >= 11 is 0. The van der Waals surface area contributed by atoms with Crippen LogP contribution in [0.1, 0.15) is 25.7 Å². The molecule has 3 aliphatic heterocycles. The average Bonchev–Trinajstić information content (AvgIpc) is 3.02. The highest BCUT2D eigenvalue weighted by Gasteiger charge is 2.45. The van der Waals surface area contributed by atoms with E-state index in [4.69, 9.17) is 0 Å². The van der Waals surface area contributed by atoms with Crippen molar-refractivity contribution in [3.05, 3.63) is 0 Å². The van der Waals surface area contributed by atoms with Gasteiger partial charge in [0.25, 0.3) is 10.2 Å². The van der Waals surface area contributed by atoms with Crippen LogP contribution in [0.5, 0.6) is 0 Å². The molecule has 3 heterocycles. The number of nitrogens with one attached hydrogen (secondary N) is 1. The highest BCUT2D eigenvalue weighted by atomic mass is 35.5. The van der Waals surface area contributed by atoms with Gasteiger partial charge in [-0.2, -0.15) is 17.0 Å². The van der Waals surface area contributed by atoms with Crippen molar-refractivity contribution in [2.75, 3.05) is 39.3 Å². The van der Waals surface area contributed by atoms with E-state index < -0.39 is 10.2 Å². The Morgan fingerprint density at radius 3 is 2.33 bits per heavy atom. The quantitative estimate of drug-likeness (QED) is 0.804. The van der Waals surface area contributed by atoms with Crippen LogP contribution >= 0.6 is 12.4 Å². The summed E-state index contributed by atoms with van der Waals surface area (Å²) in [6, 6.07) is 0. The summed E-state index contributed by atoms with van der Waals surface area (Å²) in [5.74, 6) is 0. The first-order chi connectivity index (χ1) is 8.12. The third kappa shape index (κ3) is 2.41. The van der Waals surface area contributed by atoms with E-state index in [0.717, 1.165) is 45.3 Å². The van der Waals surface area contributed by atoms with Gasteiger partial charge < -0.3 is 5.32 Å². The van der Waals surface area contributed by atoms with E-state index in [9.17, 15) is 8.42 Å². The van der Waals surface area contributed by atoms with Gasteiger partial charge in [-0.3, -0.25) is 0 Å². The Morgan fingerprint density at radius 2 is 1.72 bits per heavy atom. The van der Waals surface area contributed by atoms with Gasteiger partial charge in [0.05, 0.1) is 0 Å². The molecule has 106 valence electrons. The Hall–Kier alpha value is 0.120. The first-order valence-corrected chi connectivity index (χ1v) is 7.98. The zero-order valence-corrected chi connectivity index (χ0v) is 12.2. The molecule has 1 unspecified atom stereocenters. The van der Waals surface area contributed by atoms with Crippen LogP contribution in [0, 0.1) is 5.41 Å². The summed E-state index contributed by atoms with van der Waals surface area (Å²) in [6.45, 7) is 4.88. The van der Waals surface area contributed by atoms with E-state index in [0.29, 0.717) is 19.6 Å². The second-order valence-electron chi connectivity index (χ2n) is 5.62. The smallest absolute Gasteiger partial charge is 0.281 e. The fraction of sp³-hybridized carbons (Fsp3) is 1.00. The fourth-order valence-corrected chi connectivity index (χ4v) is 5.12. The Morgan fingerprint density at radius 1 is 1.00 bits per heavy atom. The molecule has 5 nitrogen and oxygen atoms in total. The zero-order valence-electron chi connectivity index (χ0n) is 10.6. The Kier molecular flexibility index (Phi) is 4.23. The molecule has 7 heteroatoms. The molecule has 1 atom stereocenters. The van der Waals surface area contributed by atoms with Crippen molar-refractivity contribution in [1.82, 2.24) is 13.9 Å². The predicted octanol–water partition coefficient (Wildman–Crippen LogP) is 0.434. The third-order valence-electron chi connectivity index (χ3n) is 4.45. The summed E-state index contributed by atoms with van der Waals surface area (Å²) in [4.78, 5) is 0. The molecule has 0 aliphatic carbocycles. The first-order valence-electron chi connectivity index (χ1n) is 6.58. The molecular formula is C11H22ClN3O2S. The number of rotatable bonds is 2. The van der Waals surface area contributed by atoms with Gasteiger partial charge in [0.2, 0.25) is 0 Å². The van der Waals surface area contributed by atoms with Crippen molar-refractivity contribution < 1.29 is 8.42 Å². The van der Waals surface area contributed by atoms with E-state index in [1.807, 2.05) is 0 Å². The lowest BCUT2D eigenvalue weighted by Crippen LogP contribution is -2.42. The molecule has 0 aromatic carbocycles. The fourth-order valence-electron chi connectivity index (χ4n) is 3.32. The molecule has 3 aliphatic rings. The average molecular weight is 296 g/mol. The van der Waals surface area contributed by atoms with Crippen molar-refractivity contribution >= 4 is 22.6 Å². The minimum Gasteiger partial charge on any atom is -0.316 e. The van der Waals surface area contributed by atoms with Crippen LogP contribution in [0.4, 0.5) is 0 Å². The van der Waals surface area contributed by atoms with Gasteiger partial charge in [-0.25, -0.2) is 0 Å². The monoisotopic (exact) mass is 295 g/mol. The van der Waals surface area contributed by atoms with E-state index in [1.165, 1.54) is 0 Å². The highest BCUT2D eigenvalue weighted by molar-refractivity contribution is 7.86. The van der Waals surface area contributed by atoms with Gasteiger partial charge in [0.1, 0.15) is 0 Å². The predicted molar refractivity (Wildman–Crippen MR) is 73.1 cm³/mol. The molecular weight excluding hydrogens is 274 g/mol. The lowest BCUT2D eigenvalue weighted by molar-refractivity contribution is 0.326. The van der Waals surface area contributed by atoms with Crippen LogP contribution in [0.3, 0.4) is 0 Å². The number of halogens is 1. The van der Waals surface area contributed by atoms with E-state index in [-0.39, 0.29) is 17.8 Å². The topological polar surface area (TPSA) is 52.7 Å². The SMILES string of the molecule is Cl.O=S(=O)(N1CCCC1)N1CCC2(CCNC2)C1. The molecule has 3 fully saturated rings. The first kappa shape index (κ1) is 14.5. The maximum Gasteiger partial charge on any atom is 0.281 e. The summed E-state index contributed by atoms with van der Waals surface area (Å²) in [6.07, 6.45) is 4.17. The van der Waals surface area contributed by atoms with Gasteiger partial charge in [-0.15, -0.1) is 12.4 Å². The molecule has 0 radical (unpaired) electrons. The molecule has 0 aromatic heterocycles. The van der Waals surface area contributed by atoms with Gasteiger partial charge in [0.15, 0.2) is 0 Å². The van der Waals surface area contributed by atoms with Gasteiger partial charge in [0, 0.05) is 32.7 Å². The minimum atomic E-state index is -3.16. The maximum atomic E-state index is 12.4. The second-order valence-corrected chi connectivity index (χ2v) is 7.55. The summed E-state index contributed by atoms with van der Waals surface area (Å²) in [5.41, 5.74) is 0.229. The van der Waals surface area contributed by atoms with E-state index in [2.05, 4.69) is 5.32 Å². The van der Waals surface area contributed by atoms with Crippen molar-refractivity contribution in [2.45, 2.75) is 25.7 Å². The van der Waals surface area contributed by atoms with Gasteiger partial charge in [-0.05, 0) is 37.6 Å². The summed E-state index contributed by atoms with van der Waals surface area (Å²) in [7, 11) is -3.16. The summed E-state index contributed by atoms with van der Waals surface area (Å²) in [5, 5.41) is 3.36. The largest absolute Gasteiger partial charge is 0.316 e. The minimum absolute atomic E-state index is 0. The molecule has 0 bridgehead atoms. The Balaban J connectivity index is 0.00000120. The molecule has 1 spiro atoms. The zero-order chi connectivity index (χ0) is 11.9. The molecule has 0 aromatic rings. The van der Waals surface area contributed by atoms with E-state index >= 15 is 0 Å². The number of hydrogen-bond acceptors (Lipinski definition) is 3. The van der Waals surface area contributed by atoms with Crippen molar-refractivity contribution in [3.8, 4) is 0 Å². The number of hydrogen-bond donors (Lipinski definition) is 1.